The first-order chi connectivity index (χ1) is 15.5. The average Bonchev–Trinajstić information content (AvgIpc) is 2.82. The summed E-state index contributed by atoms with van der Waals surface area (Å²) < 4.78 is 5.48. The summed E-state index contributed by atoms with van der Waals surface area (Å²) in [6.07, 6.45) is 0.138. The number of benzene rings is 3. The van der Waals surface area contributed by atoms with Crippen LogP contribution in [0.1, 0.15) is 17.2 Å². The van der Waals surface area contributed by atoms with Crippen molar-refractivity contribution in [2.75, 3.05) is 25.0 Å². The van der Waals surface area contributed by atoms with Gasteiger partial charge in [-0.25, -0.2) is 0 Å². The maximum atomic E-state index is 12.3. The fourth-order valence-electron chi connectivity index (χ4n) is 3.08. The first-order valence-corrected chi connectivity index (χ1v) is 10.5. The Morgan fingerprint density at radius 2 is 1.66 bits per heavy atom. The number of carbonyl (C=O) groups excluding carboxylic acids is 1. The average molecular weight is 436 g/mol. The number of rotatable bonds is 11. The molecule has 0 bridgehead atoms. The van der Waals surface area contributed by atoms with Crippen LogP contribution in [0.4, 0.5) is 5.69 Å². The van der Waals surface area contributed by atoms with Crippen LogP contribution in [0.5, 0.6) is 11.5 Å². The van der Waals surface area contributed by atoms with Gasteiger partial charge in [0.25, 0.3) is 0 Å². The van der Waals surface area contributed by atoms with Crippen molar-refractivity contribution in [1.29, 1.82) is 0 Å². The molecule has 0 spiro atoms. The van der Waals surface area contributed by atoms with Gasteiger partial charge in [0.05, 0.1) is 0 Å². The topological polar surface area (TPSA) is 117 Å². The first kappa shape index (κ1) is 23.3. The zero-order valence-corrected chi connectivity index (χ0v) is 17.8. The predicted octanol–water partition coefficient (Wildman–Crippen LogP) is 2.60. The van der Waals surface area contributed by atoms with Gasteiger partial charge in [0.15, 0.2) is 0 Å². The van der Waals surface area contributed by atoms with E-state index in [0.29, 0.717) is 24.5 Å². The Balaban J connectivity index is 1.34. The molecule has 1 amide bonds. The van der Waals surface area contributed by atoms with Crippen molar-refractivity contribution in [3.05, 3.63) is 90.0 Å². The van der Waals surface area contributed by atoms with Crippen molar-refractivity contribution in [2.24, 2.45) is 5.73 Å². The fourth-order valence-corrected chi connectivity index (χ4v) is 3.08. The SMILES string of the molecule is NC(C(=O)Nc1ccc(CCNC[C@H](O)COc2ccc(O)cc2)cc1)c1ccccc1. The second-order valence-electron chi connectivity index (χ2n) is 7.49. The quantitative estimate of drug-likeness (QED) is 0.296. The Labute approximate surface area is 187 Å². The molecule has 7 nitrogen and oxygen atoms in total. The summed E-state index contributed by atoms with van der Waals surface area (Å²) in [6.45, 7) is 1.27. The van der Waals surface area contributed by atoms with Crippen LogP contribution in [-0.2, 0) is 11.2 Å². The molecule has 0 aromatic heterocycles. The van der Waals surface area contributed by atoms with Gasteiger partial charge in [0.2, 0.25) is 5.91 Å². The van der Waals surface area contributed by atoms with E-state index < -0.39 is 12.1 Å². The molecular weight excluding hydrogens is 406 g/mol. The Morgan fingerprint density at radius 3 is 2.34 bits per heavy atom. The molecule has 3 aromatic rings. The minimum atomic E-state index is -0.718. The molecule has 32 heavy (non-hydrogen) atoms. The number of anilines is 1. The van der Waals surface area contributed by atoms with Gasteiger partial charge in [-0.15, -0.1) is 0 Å². The van der Waals surface area contributed by atoms with Crippen molar-refractivity contribution >= 4 is 11.6 Å². The predicted molar refractivity (Wildman–Crippen MR) is 125 cm³/mol. The second-order valence-corrected chi connectivity index (χ2v) is 7.49. The number of carbonyl (C=O) groups is 1. The summed E-state index contributed by atoms with van der Waals surface area (Å²) in [7, 11) is 0. The van der Waals surface area contributed by atoms with Gasteiger partial charge in [-0.1, -0.05) is 42.5 Å². The molecule has 6 N–H and O–H groups in total. The minimum absolute atomic E-state index is 0.164. The highest BCUT2D eigenvalue weighted by Crippen LogP contribution is 2.16. The van der Waals surface area contributed by atoms with Crippen LogP contribution in [0.15, 0.2) is 78.9 Å². The first-order valence-electron chi connectivity index (χ1n) is 10.5. The lowest BCUT2D eigenvalue weighted by molar-refractivity contribution is -0.117. The summed E-state index contributed by atoms with van der Waals surface area (Å²) in [5, 5.41) is 25.3. The molecule has 3 rings (SSSR count). The molecule has 0 saturated carbocycles. The van der Waals surface area contributed by atoms with Gasteiger partial charge >= 0.3 is 0 Å². The molecule has 0 radical (unpaired) electrons. The summed E-state index contributed by atoms with van der Waals surface area (Å²) >= 11 is 0. The molecular formula is C25H29N3O4. The summed E-state index contributed by atoms with van der Waals surface area (Å²) in [4.78, 5) is 12.3. The highest BCUT2D eigenvalue weighted by atomic mass is 16.5. The molecule has 0 aliphatic rings. The summed E-state index contributed by atoms with van der Waals surface area (Å²) in [5.74, 6) is 0.513. The normalized spacial score (nSPS) is 12.7. The maximum absolute atomic E-state index is 12.3. The molecule has 0 saturated heterocycles. The van der Waals surface area contributed by atoms with Crippen LogP contribution in [0, 0.1) is 0 Å². The van der Waals surface area contributed by atoms with Gasteiger partial charge in [-0.3, -0.25) is 4.79 Å². The maximum Gasteiger partial charge on any atom is 0.245 e. The van der Waals surface area contributed by atoms with E-state index in [1.807, 2.05) is 54.6 Å². The number of aliphatic hydroxyl groups is 1. The van der Waals surface area contributed by atoms with Crippen molar-refractivity contribution in [3.63, 3.8) is 0 Å². The molecule has 0 aliphatic heterocycles. The van der Waals surface area contributed by atoms with Gasteiger partial charge < -0.3 is 31.3 Å². The van der Waals surface area contributed by atoms with Crippen LogP contribution in [-0.4, -0.2) is 41.9 Å². The molecule has 0 aliphatic carbocycles. The van der Waals surface area contributed by atoms with E-state index >= 15 is 0 Å². The number of phenolic OH excluding ortho intramolecular Hbond substituents is 1. The number of nitrogens with one attached hydrogen (secondary N) is 2. The van der Waals surface area contributed by atoms with Crippen molar-refractivity contribution in [1.82, 2.24) is 5.32 Å². The summed E-state index contributed by atoms with van der Waals surface area (Å²) in [6, 6.07) is 22.5. The number of aromatic hydroxyl groups is 1. The van der Waals surface area contributed by atoms with Crippen molar-refractivity contribution in [2.45, 2.75) is 18.6 Å². The number of amides is 1. The Hall–Kier alpha value is -3.39. The molecule has 7 heteroatoms. The van der Waals surface area contributed by atoms with Crippen molar-refractivity contribution < 1.29 is 19.7 Å². The van der Waals surface area contributed by atoms with Gasteiger partial charge in [0, 0.05) is 12.2 Å². The number of ether oxygens (including phenoxy) is 1. The number of nitrogens with two attached hydrogens (primary N) is 1. The third-order valence-corrected chi connectivity index (χ3v) is 4.91. The molecule has 3 aromatic carbocycles. The van der Waals surface area contributed by atoms with Crippen LogP contribution in [0.2, 0.25) is 0 Å². The Morgan fingerprint density at radius 1 is 0.969 bits per heavy atom. The number of hydrogen-bond acceptors (Lipinski definition) is 6. The smallest absolute Gasteiger partial charge is 0.245 e. The van der Waals surface area contributed by atoms with Gasteiger partial charge in [-0.2, -0.15) is 0 Å². The number of hydrogen-bond donors (Lipinski definition) is 5. The van der Waals surface area contributed by atoms with Crippen molar-refractivity contribution in [3.8, 4) is 11.5 Å². The van der Waals surface area contributed by atoms with E-state index in [0.717, 1.165) is 17.5 Å². The fraction of sp³-hybridized carbons (Fsp3) is 0.240. The second kappa shape index (κ2) is 11.9. The van der Waals surface area contributed by atoms with Gasteiger partial charge in [0.1, 0.15) is 30.3 Å². The molecule has 168 valence electrons. The highest BCUT2D eigenvalue weighted by Gasteiger charge is 2.15. The Kier molecular flexibility index (Phi) is 8.62. The molecule has 0 heterocycles. The zero-order chi connectivity index (χ0) is 22.8. The lowest BCUT2D eigenvalue weighted by atomic mass is 10.1. The van der Waals surface area contributed by atoms with E-state index in [9.17, 15) is 15.0 Å². The molecule has 0 fully saturated rings. The van der Waals surface area contributed by atoms with E-state index in [2.05, 4.69) is 10.6 Å². The van der Waals surface area contributed by atoms with E-state index in [1.54, 1.807) is 12.1 Å². The highest BCUT2D eigenvalue weighted by molar-refractivity contribution is 5.95. The van der Waals surface area contributed by atoms with E-state index in [4.69, 9.17) is 10.5 Å². The van der Waals surface area contributed by atoms with Crippen LogP contribution in [0.25, 0.3) is 0 Å². The minimum Gasteiger partial charge on any atom is -0.508 e. The van der Waals surface area contributed by atoms with E-state index in [1.165, 1.54) is 12.1 Å². The zero-order valence-electron chi connectivity index (χ0n) is 17.8. The molecule has 2 atom stereocenters. The Bertz CT molecular complexity index is 963. The van der Waals surface area contributed by atoms with Crippen LogP contribution >= 0.6 is 0 Å². The number of phenols is 1. The third-order valence-electron chi connectivity index (χ3n) is 4.91. The lowest BCUT2D eigenvalue weighted by Crippen LogP contribution is -2.32. The largest absolute Gasteiger partial charge is 0.508 e. The van der Waals surface area contributed by atoms with Crippen LogP contribution in [0.3, 0.4) is 0 Å². The van der Waals surface area contributed by atoms with Crippen LogP contribution < -0.4 is 21.1 Å². The standard InChI is InChI=1S/C25H29N3O4/c26-24(19-4-2-1-3-5-19)25(31)28-20-8-6-18(7-9-20)14-15-27-16-22(30)17-32-23-12-10-21(29)11-13-23/h1-13,22,24,27,29-30H,14-17,26H2,(H,28,31)/t22-,24?/m0/s1. The van der Waals surface area contributed by atoms with Gasteiger partial charge in [-0.05, 0) is 60.5 Å². The number of aliphatic hydroxyl groups excluding tert-OH is 1. The summed E-state index contributed by atoms with van der Waals surface area (Å²) in [5.41, 5.74) is 8.59. The third kappa shape index (κ3) is 7.39. The lowest BCUT2D eigenvalue weighted by Gasteiger charge is -2.14. The monoisotopic (exact) mass is 435 g/mol. The van der Waals surface area contributed by atoms with E-state index in [-0.39, 0.29) is 18.3 Å². The molecule has 1 unspecified atom stereocenters.